The van der Waals surface area contributed by atoms with Gasteiger partial charge in [-0.1, -0.05) is 18.2 Å². The largest absolute Gasteiger partial charge is 0.420 e. The summed E-state index contributed by atoms with van der Waals surface area (Å²) in [5.41, 5.74) is 1.83. The SMILES string of the molecule is O=S(=O)(c1ccc(-c2nnc(C3CC3)o2)s1)N1CCc2ccccc21. The molecule has 2 aromatic heterocycles. The van der Waals surface area contributed by atoms with Crippen molar-refractivity contribution in [2.75, 3.05) is 10.8 Å². The van der Waals surface area contributed by atoms with Gasteiger partial charge in [0.1, 0.15) is 4.21 Å². The monoisotopic (exact) mass is 373 g/mol. The quantitative estimate of drug-likeness (QED) is 0.700. The fourth-order valence-electron chi connectivity index (χ4n) is 3.07. The van der Waals surface area contributed by atoms with Gasteiger partial charge in [0.25, 0.3) is 15.9 Å². The second-order valence-corrected chi connectivity index (χ2v) is 9.47. The van der Waals surface area contributed by atoms with Crippen molar-refractivity contribution in [3.8, 4) is 10.8 Å². The summed E-state index contributed by atoms with van der Waals surface area (Å²) in [7, 11) is -3.57. The molecule has 0 unspecified atom stereocenters. The first-order chi connectivity index (χ1) is 12.1. The lowest BCUT2D eigenvalue weighted by Gasteiger charge is -2.18. The van der Waals surface area contributed by atoms with Crippen molar-refractivity contribution in [1.82, 2.24) is 10.2 Å². The van der Waals surface area contributed by atoms with Gasteiger partial charge in [0.15, 0.2) is 0 Å². The Hall–Kier alpha value is -2.19. The van der Waals surface area contributed by atoms with E-state index in [-0.39, 0.29) is 0 Å². The van der Waals surface area contributed by atoms with Crippen LogP contribution in [-0.2, 0) is 16.4 Å². The van der Waals surface area contributed by atoms with E-state index in [1.54, 1.807) is 12.1 Å². The number of aromatic nitrogens is 2. The Morgan fingerprint density at radius 3 is 2.80 bits per heavy atom. The first kappa shape index (κ1) is 15.1. The molecule has 0 radical (unpaired) electrons. The van der Waals surface area contributed by atoms with Crippen LogP contribution < -0.4 is 4.31 Å². The Morgan fingerprint density at radius 2 is 1.96 bits per heavy atom. The Labute approximate surface area is 149 Å². The van der Waals surface area contributed by atoms with Gasteiger partial charge in [-0.05, 0) is 43.0 Å². The molecule has 1 aliphatic carbocycles. The van der Waals surface area contributed by atoms with Crippen molar-refractivity contribution in [3.05, 3.63) is 47.9 Å². The average Bonchev–Trinajstić information content (AvgIpc) is 3.08. The van der Waals surface area contributed by atoms with Gasteiger partial charge in [0.05, 0.1) is 10.6 Å². The molecule has 2 aliphatic rings. The highest BCUT2D eigenvalue weighted by atomic mass is 32.2. The van der Waals surface area contributed by atoms with Crippen molar-refractivity contribution in [1.29, 1.82) is 0 Å². The van der Waals surface area contributed by atoms with Crippen LogP contribution in [-0.4, -0.2) is 25.2 Å². The first-order valence-electron chi connectivity index (χ1n) is 8.17. The Balaban J connectivity index is 1.48. The van der Waals surface area contributed by atoms with E-state index in [0.717, 1.165) is 30.5 Å². The maximum atomic E-state index is 13.0. The van der Waals surface area contributed by atoms with Crippen LogP contribution in [0, 0.1) is 0 Å². The van der Waals surface area contributed by atoms with E-state index in [9.17, 15) is 8.42 Å². The normalized spacial score (nSPS) is 17.0. The predicted octanol–water partition coefficient (Wildman–Crippen LogP) is 3.43. The lowest BCUT2D eigenvalue weighted by atomic mass is 10.2. The summed E-state index contributed by atoms with van der Waals surface area (Å²) < 4.78 is 33.5. The van der Waals surface area contributed by atoms with Crippen LogP contribution >= 0.6 is 11.3 Å². The summed E-state index contributed by atoms with van der Waals surface area (Å²) >= 11 is 1.17. The van der Waals surface area contributed by atoms with E-state index in [1.807, 2.05) is 24.3 Å². The number of fused-ring (bicyclic) bond motifs is 1. The minimum absolute atomic E-state index is 0.297. The third kappa shape index (κ3) is 2.47. The molecular weight excluding hydrogens is 358 g/mol. The molecule has 0 spiro atoms. The van der Waals surface area contributed by atoms with E-state index < -0.39 is 10.0 Å². The number of sulfonamides is 1. The summed E-state index contributed by atoms with van der Waals surface area (Å²) in [6.45, 7) is 0.474. The van der Waals surface area contributed by atoms with Crippen LogP contribution in [0.1, 0.15) is 30.2 Å². The maximum Gasteiger partial charge on any atom is 0.273 e. The number of hydrogen-bond donors (Lipinski definition) is 0. The first-order valence-corrected chi connectivity index (χ1v) is 10.4. The maximum absolute atomic E-state index is 13.0. The van der Waals surface area contributed by atoms with Crippen molar-refractivity contribution in [3.63, 3.8) is 0 Å². The summed E-state index contributed by atoms with van der Waals surface area (Å²) in [5.74, 6) is 1.43. The smallest absolute Gasteiger partial charge is 0.273 e. The molecule has 6 nitrogen and oxygen atoms in total. The molecule has 1 aliphatic heterocycles. The molecule has 0 N–H and O–H groups in total. The molecule has 1 saturated carbocycles. The minimum atomic E-state index is -3.57. The minimum Gasteiger partial charge on any atom is -0.420 e. The molecule has 3 aromatic rings. The van der Waals surface area contributed by atoms with E-state index in [0.29, 0.717) is 33.3 Å². The molecule has 0 saturated heterocycles. The number of benzene rings is 1. The van der Waals surface area contributed by atoms with Gasteiger partial charge in [-0.2, -0.15) is 0 Å². The molecular formula is C17H15N3O3S2. The number of rotatable bonds is 4. The van der Waals surface area contributed by atoms with Gasteiger partial charge in [-0.25, -0.2) is 8.42 Å². The van der Waals surface area contributed by atoms with Gasteiger partial charge < -0.3 is 4.42 Å². The number of hydrogen-bond acceptors (Lipinski definition) is 6. The standard InChI is InChI=1S/C17H15N3O3S2/c21-25(22,20-10-9-11-3-1-2-4-13(11)20)15-8-7-14(24-15)17-19-18-16(23-17)12-5-6-12/h1-4,7-8,12H,5-6,9-10H2. The summed E-state index contributed by atoms with van der Waals surface area (Å²) in [4.78, 5) is 0.686. The third-order valence-electron chi connectivity index (χ3n) is 4.55. The van der Waals surface area contributed by atoms with Crippen molar-refractivity contribution >= 4 is 27.0 Å². The second-order valence-electron chi connectivity index (χ2n) is 6.29. The molecule has 25 heavy (non-hydrogen) atoms. The Bertz CT molecular complexity index is 1050. The van der Waals surface area contributed by atoms with Crippen LogP contribution in [0.4, 0.5) is 5.69 Å². The van der Waals surface area contributed by atoms with Crippen molar-refractivity contribution in [2.45, 2.75) is 29.4 Å². The number of para-hydroxylation sites is 1. The molecule has 0 amide bonds. The van der Waals surface area contributed by atoms with Crippen LogP contribution in [0.25, 0.3) is 10.8 Å². The van der Waals surface area contributed by atoms with Gasteiger partial charge in [0.2, 0.25) is 5.89 Å². The van der Waals surface area contributed by atoms with Crippen molar-refractivity contribution < 1.29 is 12.8 Å². The fourth-order valence-corrected chi connectivity index (χ4v) is 5.91. The van der Waals surface area contributed by atoms with Crippen LogP contribution in [0.5, 0.6) is 0 Å². The van der Waals surface area contributed by atoms with E-state index >= 15 is 0 Å². The molecule has 0 bridgehead atoms. The molecule has 1 aromatic carbocycles. The summed E-state index contributed by atoms with van der Waals surface area (Å²) in [5, 5.41) is 8.13. The lowest BCUT2D eigenvalue weighted by Crippen LogP contribution is -2.28. The van der Waals surface area contributed by atoms with Gasteiger partial charge >= 0.3 is 0 Å². The van der Waals surface area contributed by atoms with Gasteiger partial charge in [0, 0.05) is 12.5 Å². The second kappa shape index (κ2) is 5.40. The Kier molecular flexibility index (Phi) is 3.26. The highest BCUT2D eigenvalue weighted by Crippen LogP contribution is 2.41. The van der Waals surface area contributed by atoms with Crippen LogP contribution in [0.2, 0.25) is 0 Å². The van der Waals surface area contributed by atoms with E-state index in [2.05, 4.69) is 10.2 Å². The molecule has 1 fully saturated rings. The van der Waals surface area contributed by atoms with Gasteiger partial charge in [-0.15, -0.1) is 21.5 Å². The molecule has 8 heteroatoms. The molecule has 128 valence electrons. The lowest BCUT2D eigenvalue weighted by molar-refractivity contribution is 0.509. The number of anilines is 1. The van der Waals surface area contributed by atoms with Crippen LogP contribution in [0.15, 0.2) is 45.0 Å². The number of nitrogens with zero attached hydrogens (tertiary/aromatic N) is 3. The highest BCUT2D eigenvalue weighted by molar-refractivity contribution is 7.94. The third-order valence-corrected chi connectivity index (χ3v) is 7.90. The zero-order valence-electron chi connectivity index (χ0n) is 13.3. The zero-order valence-corrected chi connectivity index (χ0v) is 14.9. The van der Waals surface area contributed by atoms with E-state index in [4.69, 9.17) is 4.42 Å². The average molecular weight is 373 g/mol. The molecule has 3 heterocycles. The topological polar surface area (TPSA) is 76.3 Å². The summed E-state index contributed by atoms with van der Waals surface area (Å²) in [6, 6.07) is 11.0. The highest BCUT2D eigenvalue weighted by Gasteiger charge is 2.33. The molecule has 5 rings (SSSR count). The molecule has 0 atom stereocenters. The summed E-state index contributed by atoms with van der Waals surface area (Å²) in [6.07, 6.45) is 2.90. The van der Waals surface area contributed by atoms with Crippen LogP contribution in [0.3, 0.4) is 0 Å². The van der Waals surface area contributed by atoms with Gasteiger partial charge in [-0.3, -0.25) is 4.31 Å². The Morgan fingerprint density at radius 1 is 1.12 bits per heavy atom. The van der Waals surface area contributed by atoms with Crippen molar-refractivity contribution in [2.24, 2.45) is 0 Å². The zero-order chi connectivity index (χ0) is 17.0. The number of thiophene rings is 1. The van der Waals surface area contributed by atoms with E-state index in [1.165, 1.54) is 15.6 Å². The fraction of sp³-hybridized carbons (Fsp3) is 0.294. The predicted molar refractivity (Wildman–Crippen MR) is 94.3 cm³/mol.